The molecule has 0 heterocycles. The van der Waals surface area contributed by atoms with Gasteiger partial charge in [0.2, 0.25) is 0 Å². The zero-order valence-electron chi connectivity index (χ0n) is 14.6. The second-order valence-corrected chi connectivity index (χ2v) is 5.63. The van der Waals surface area contributed by atoms with Crippen molar-refractivity contribution < 1.29 is 12.9 Å². The molecule has 2 heteroatoms. The van der Waals surface area contributed by atoms with Crippen molar-refractivity contribution in [1.29, 1.82) is 0 Å². The molecule has 0 aromatic heterocycles. The lowest BCUT2D eigenvalue weighted by atomic mass is 9.77. The molecule has 0 aliphatic heterocycles. The van der Waals surface area contributed by atoms with Gasteiger partial charge in [0.25, 0.3) is 0 Å². The van der Waals surface area contributed by atoms with Crippen LogP contribution in [0.5, 0.6) is 0 Å². The van der Waals surface area contributed by atoms with E-state index >= 15 is 0 Å². The summed E-state index contributed by atoms with van der Waals surface area (Å²) < 4.78 is 50.3. The lowest BCUT2D eigenvalue weighted by Gasteiger charge is -2.28. The Morgan fingerprint density at radius 3 is 2.53 bits per heavy atom. The van der Waals surface area contributed by atoms with E-state index in [0.29, 0.717) is 5.92 Å². The predicted molar refractivity (Wildman–Crippen MR) is 75.2 cm³/mol. The van der Waals surface area contributed by atoms with E-state index in [-0.39, 0.29) is 17.5 Å². The van der Waals surface area contributed by atoms with E-state index in [1.165, 1.54) is 25.7 Å². The molecule has 2 rings (SSSR count). The first kappa shape index (κ1) is 10.8. The molecule has 0 bridgehead atoms. The van der Waals surface area contributed by atoms with E-state index in [4.69, 9.17) is 4.11 Å². The highest BCUT2D eigenvalue weighted by molar-refractivity contribution is 5.22. The molecular formula is C17H24F2. The third-order valence-electron chi connectivity index (χ3n) is 4.21. The SMILES string of the molecule is [2H]c1c([2H])c(C2CCC(CCCCC)CC2)c([2H])c(F)c1F. The van der Waals surface area contributed by atoms with Crippen LogP contribution in [0.3, 0.4) is 0 Å². The van der Waals surface area contributed by atoms with Crippen molar-refractivity contribution in [3.63, 3.8) is 0 Å². The van der Waals surface area contributed by atoms with E-state index in [9.17, 15) is 8.78 Å². The molecule has 0 spiro atoms. The van der Waals surface area contributed by atoms with Crippen LogP contribution in [0.4, 0.5) is 8.78 Å². The summed E-state index contributed by atoms with van der Waals surface area (Å²) in [6, 6.07) is -1.54. The number of rotatable bonds is 5. The van der Waals surface area contributed by atoms with Gasteiger partial charge < -0.3 is 0 Å². The van der Waals surface area contributed by atoms with Gasteiger partial charge in [-0.15, -0.1) is 0 Å². The lowest BCUT2D eigenvalue weighted by molar-refractivity contribution is 0.302. The van der Waals surface area contributed by atoms with E-state index in [2.05, 4.69) is 6.92 Å². The summed E-state index contributed by atoms with van der Waals surface area (Å²) in [6.07, 6.45) is 8.54. The molecule has 0 saturated heterocycles. The molecule has 1 saturated carbocycles. The molecule has 0 atom stereocenters. The number of halogens is 2. The number of unbranched alkanes of at least 4 members (excludes halogenated alkanes) is 2. The van der Waals surface area contributed by atoms with Crippen molar-refractivity contribution in [2.24, 2.45) is 5.92 Å². The van der Waals surface area contributed by atoms with Crippen molar-refractivity contribution in [3.8, 4) is 0 Å². The largest absolute Gasteiger partial charge is 0.204 e. The van der Waals surface area contributed by atoms with Crippen LogP contribution in [0.15, 0.2) is 18.1 Å². The minimum absolute atomic E-state index is 0.0818. The highest BCUT2D eigenvalue weighted by Crippen LogP contribution is 2.38. The van der Waals surface area contributed by atoms with Crippen LogP contribution in [0, 0.1) is 17.6 Å². The average molecular weight is 269 g/mol. The molecule has 0 unspecified atom stereocenters. The molecule has 1 aromatic rings. The van der Waals surface area contributed by atoms with Gasteiger partial charge in [0.05, 0.1) is 4.11 Å². The third kappa shape index (κ3) is 4.02. The number of benzene rings is 1. The minimum atomic E-state index is -1.37. The summed E-state index contributed by atoms with van der Waals surface area (Å²) in [5.74, 6) is -2.05. The molecule has 1 aromatic carbocycles. The zero-order chi connectivity index (χ0) is 16.3. The van der Waals surface area contributed by atoms with E-state index in [1.807, 2.05) is 0 Å². The maximum atomic E-state index is 13.7. The molecule has 0 radical (unpaired) electrons. The monoisotopic (exact) mass is 269 g/mol. The van der Waals surface area contributed by atoms with Gasteiger partial charge in [0, 0.05) is 0 Å². The van der Waals surface area contributed by atoms with E-state index < -0.39 is 23.7 Å². The Kier molecular flexibility index (Phi) is 4.00. The Balaban J connectivity index is 2.09. The van der Waals surface area contributed by atoms with Crippen LogP contribution in [0.25, 0.3) is 0 Å². The standard InChI is InChI=1S/C17H24F2/c1-2-3-4-5-13-6-8-14(9-7-13)15-10-11-16(18)17(19)12-15/h10-14H,2-9H2,1H3/i10D,11D,12D. The van der Waals surface area contributed by atoms with Gasteiger partial charge in [0.1, 0.15) is 0 Å². The van der Waals surface area contributed by atoms with Crippen molar-refractivity contribution in [2.45, 2.75) is 64.2 Å². The molecule has 1 aliphatic carbocycles. The van der Waals surface area contributed by atoms with Crippen molar-refractivity contribution in [3.05, 3.63) is 35.3 Å². The van der Waals surface area contributed by atoms with Crippen molar-refractivity contribution >= 4 is 0 Å². The second-order valence-electron chi connectivity index (χ2n) is 5.63. The summed E-state index contributed by atoms with van der Waals surface area (Å²) in [4.78, 5) is 0. The van der Waals surface area contributed by atoms with Gasteiger partial charge in [-0.3, -0.25) is 0 Å². The Bertz CT molecular complexity index is 494. The predicted octanol–water partition coefficient (Wildman–Crippen LogP) is 5.82. The fourth-order valence-electron chi connectivity index (χ4n) is 3.01. The summed E-state index contributed by atoms with van der Waals surface area (Å²) in [6.45, 7) is 2.18. The fraction of sp³-hybridized carbons (Fsp3) is 0.647. The van der Waals surface area contributed by atoms with Crippen molar-refractivity contribution in [1.82, 2.24) is 0 Å². The molecule has 0 amide bonds. The normalized spacial score (nSPS) is 25.7. The lowest BCUT2D eigenvalue weighted by Crippen LogP contribution is -2.13. The van der Waals surface area contributed by atoms with Crippen LogP contribution in [-0.4, -0.2) is 0 Å². The Morgan fingerprint density at radius 1 is 1.11 bits per heavy atom. The van der Waals surface area contributed by atoms with Gasteiger partial charge in [0.15, 0.2) is 11.6 Å². The molecule has 106 valence electrons. The molecule has 0 N–H and O–H groups in total. The fourth-order valence-corrected chi connectivity index (χ4v) is 3.01. The van der Waals surface area contributed by atoms with Crippen LogP contribution < -0.4 is 0 Å². The van der Waals surface area contributed by atoms with Crippen LogP contribution in [0.2, 0.25) is 0 Å². The number of hydrogen-bond acceptors (Lipinski definition) is 0. The zero-order valence-corrected chi connectivity index (χ0v) is 11.6. The quantitative estimate of drug-likeness (QED) is 0.591. The first-order valence-corrected chi connectivity index (χ1v) is 7.41. The Hall–Kier alpha value is -0.920. The Morgan fingerprint density at radius 2 is 1.84 bits per heavy atom. The molecular weight excluding hydrogens is 242 g/mol. The first-order valence-electron chi connectivity index (χ1n) is 8.91. The van der Waals surface area contributed by atoms with E-state index in [1.54, 1.807) is 0 Å². The summed E-state index contributed by atoms with van der Waals surface area (Å²) in [5.41, 5.74) is 0.232. The second kappa shape index (κ2) is 7.02. The highest BCUT2D eigenvalue weighted by Gasteiger charge is 2.22. The average Bonchev–Trinajstić information content (AvgIpc) is 2.53. The minimum Gasteiger partial charge on any atom is -0.204 e. The summed E-state index contributed by atoms with van der Waals surface area (Å²) in [5, 5.41) is 0. The van der Waals surface area contributed by atoms with E-state index in [0.717, 1.165) is 25.7 Å². The smallest absolute Gasteiger partial charge is 0.159 e. The maximum Gasteiger partial charge on any atom is 0.159 e. The van der Waals surface area contributed by atoms with Gasteiger partial charge in [-0.1, -0.05) is 38.6 Å². The van der Waals surface area contributed by atoms with Gasteiger partial charge >= 0.3 is 0 Å². The third-order valence-corrected chi connectivity index (χ3v) is 4.21. The highest BCUT2D eigenvalue weighted by atomic mass is 19.2. The summed E-state index contributed by atoms with van der Waals surface area (Å²) >= 11 is 0. The molecule has 0 nitrogen and oxygen atoms in total. The number of hydrogen-bond donors (Lipinski definition) is 0. The van der Waals surface area contributed by atoms with Crippen LogP contribution in [-0.2, 0) is 0 Å². The molecule has 1 aliphatic rings. The maximum absolute atomic E-state index is 13.7. The van der Waals surface area contributed by atoms with Crippen molar-refractivity contribution in [2.75, 3.05) is 0 Å². The topological polar surface area (TPSA) is 0 Å². The van der Waals surface area contributed by atoms with Crippen LogP contribution in [0.1, 0.15) is 73.9 Å². The van der Waals surface area contributed by atoms with Gasteiger partial charge in [-0.2, -0.15) is 0 Å². The molecule has 1 fully saturated rings. The van der Waals surface area contributed by atoms with Gasteiger partial charge in [-0.05, 0) is 55.2 Å². The Labute approximate surface area is 119 Å². The summed E-state index contributed by atoms with van der Waals surface area (Å²) in [7, 11) is 0. The van der Waals surface area contributed by atoms with Crippen LogP contribution >= 0.6 is 0 Å². The first-order chi connectivity index (χ1) is 10.5. The molecule has 19 heavy (non-hydrogen) atoms. The van der Waals surface area contributed by atoms with Gasteiger partial charge in [-0.25, -0.2) is 8.78 Å².